The molecule has 0 saturated carbocycles. The zero-order valence-corrected chi connectivity index (χ0v) is 11.9. The van der Waals surface area contributed by atoms with Crippen molar-refractivity contribution in [3.8, 4) is 11.5 Å². The van der Waals surface area contributed by atoms with Crippen LogP contribution in [0.4, 0.5) is 0 Å². The van der Waals surface area contributed by atoms with Gasteiger partial charge in [-0.2, -0.15) is 0 Å². The van der Waals surface area contributed by atoms with Gasteiger partial charge < -0.3 is 19.5 Å². The Morgan fingerprint density at radius 3 is 2.37 bits per heavy atom. The molecule has 19 heavy (non-hydrogen) atoms. The van der Waals surface area contributed by atoms with E-state index >= 15 is 0 Å². The van der Waals surface area contributed by atoms with Gasteiger partial charge in [-0.1, -0.05) is 0 Å². The average molecular weight is 267 g/mol. The number of rotatable bonds is 7. The summed E-state index contributed by atoms with van der Waals surface area (Å²) >= 11 is 0. The molecule has 1 aromatic rings. The number of hydrogen-bond donors (Lipinski definition) is 1. The Morgan fingerprint density at radius 2 is 1.79 bits per heavy atom. The zero-order chi connectivity index (χ0) is 14.3. The summed E-state index contributed by atoms with van der Waals surface area (Å²) in [5.41, 5.74) is 2.23. The predicted molar refractivity (Wildman–Crippen MR) is 72.9 cm³/mol. The highest BCUT2D eigenvalue weighted by Crippen LogP contribution is 2.30. The van der Waals surface area contributed by atoms with Crippen molar-refractivity contribution in [3.63, 3.8) is 0 Å². The summed E-state index contributed by atoms with van der Waals surface area (Å²) in [5, 5.41) is 2.79. The molecule has 0 saturated heterocycles. The fourth-order valence-corrected chi connectivity index (χ4v) is 1.81. The van der Waals surface area contributed by atoms with Gasteiger partial charge in [-0.25, -0.2) is 0 Å². The van der Waals surface area contributed by atoms with Crippen LogP contribution in [-0.4, -0.2) is 40.4 Å². The summed E-state index contributed by atoms with van der Waals surface area (Å²) in [6.07, 6.45) is 0.738. The molecule has 5 nitrogen and oxygen atoms in total. The van der Waals surface area contributed by atoms with Gasteiger partial charge in [0.25, 0.3) is 0 Å². The molecule has 0 aromatic heterocycles. The number of methoxy groups -OCH3 is 3. The molecule has 5 heteroatoms. The highest BCUT2D eigenvalue weighted by atomic mass is 16.5. The summed E-state index contributed by atoms with van der Waals surface area (Å²) in [5.74, 6) is 1.30. The monoisotopic (exact) mass is 267 g/mol. The maximum atomic E-state index is 11.3. The van der Waals surface area contributed by atoms with E-state index in [0.717, 1.165) is 17.5 Å². The summed E-state index contributed by atoms with van der Waals surface area (Å²) in [4.78, 5) is 11.3. The summed E-state index contributed by atoms with van der Waals surface area (Å²) in [6, 6.07) is 3.88. The highest BCUT2D eigenvalue weighted by Gasteiger charge is 2.08. The number of aryl methyl sites for hydroxylation is 1. The van der Waals surface area contributed by atoms with E-state index in [2.05, 4.69) is 5.32 Å². The van der Waals surface area contributed by atoms with Crippen molar-refractivity contribution in [3.05, 3.63) is 23.3 Å². The maximum absolute atomic E-state index is 11.3. The molecule has 1 aromatic carbocycles. The van der Waals surface area contributed by atoms with Gasteiger partial charge in [0.2, 0.25) is 5.91 Å². The number of benzene rings is 1. The minimum atomic E-state index is -0.111. The number of carbonyl (C=O) groups is 1. The lowest BCUT2D eigenvalue weighted by Crippen LogP contribution is -2.29. The van der Waals surface area contributed by atoms with Crippen molar-refractivity contribution >= 4 is 5.91 Å². The Morgan fingerprint density at radius 1 is 1.16 bits per heavy atom. The van der Waals surface area contributed by atoms with Crippen LogP contribution in [0.2, 0.25) is 0 Å². The van der Waals surface area contributed by atoms with Gasteiger partial charge >= 0.3 is 0 Å². The largest absolute Gasteiger partial charge is 0.493 e. The molecule has 1 amide bonds. The number of carbonyl (C=O) groups excluding carboxylic acids is 1. The van der Waals surface area contributed by atoms with Crippen molar-refractivity contribution in [2.24, 2.45) is 0 Å². The Hall–Kier alpha value is -1.75. The van der Waals surface area contributed by atoms with Crippen LogP contribution in [0.1, 0.15) is 11.1 Å². The second-order valence-corrected chi connectivity index (χ2v) is 4.17. The molecule has 0 bridgehead atoms. The number of amides is 1. The SMILES string of the molecule is COCC(=O)NCCc1cc(OC)c(OC)cc1C. The first-order chi connectivity index (χ1) is 9.12. The molecule has 0 aliphatic rings. The number of hydrogen-bond acceptors (Lipinski definition) is 4. The van der Waals surface area contributed by atoms with Crippen LogP contribution >= 0.6 is 0 Å². The van der Waals surface area contributed by atoms with Crippen LogP contribution in [0.3, 0.4) is 0 Å². The molecule has 0 spiro atoms. The highest BCUT2D eigenvalue weighted by molar-refractivity contribution is 5.77. The normalized spacial score (nSPS) is 10.1. The second kappa shape index (κ2) is 7.63. The molecule has 1 rings (SSSR count). The minimum Gasteiger partial charge on any atom is -0.493 e. The third kappa shape index (κ3) is 4.44. The van der Waals surface area contributed by atoms with E-state index in [1.54, 1.807) is 14.2 Å². The smallest absolute Gasteiger partial charge is 0.245 e. The predicted octanol–water partition coefficient (Wildman–Crippen LogP) is 1.32. The van der Waals surface area contributed by atoms with Crippen LogP contribution in [0.5, 0.6) is 11.5 Å². The lowest BCUT2D eigenvalue weighted by Gasteiger charge is -2.13. The van der Waals surface area contributed by atoms with Crippen LogP contribution in [0.25, 0.3) is 0 Å². The van der Waals surface area contributed by atoms with E-state index in [9.17, 15) is 4.79 Å². The fourth-order valence-electron chi connectivity index (χ4n) is 1.81. The van der Waals surface area contributed by atoms with Gasteiger partial charge in [-0.3, -0.25) is 4.79 Å². The number of nitrogens with one attached hydrogen (secondary N) is 1. The van der Waals surface area contributed by atoms with E-state index in [1.807, 2.05) is 19.1 Å². The standard InChI is InChI=1S/C14H21NO4/c1-10-7-12(18-3)13(19-4)8-11(10)5-6-15-14(16)9-17-2/h7-8H,5-6,9H2,1-4H3,(H,15,16). The van der Waals surface area contributed by atoms with Crippen LogP contribution in [0, 0.1) is 6.92 Å². The molecule has 0 aliphatic heterocycles. The summed E-state index contributed by atoms with van der Waals surface area (Å²) in [7, 11) is 4.72. The van der Waals surface area contributed by atoms with Gasteiger partial charge in [0, 0.05) is 13.7 Å². The minimum absolute atomic E-state index is 0.0882. The zero-order valence-electron chi connectivity index (χ0n) is 11.9. The van der Waals surface area contributed by atoms with E-state index < -0.39 is 0 Å². The first kappa shape index (κ1) is 15.3. The van der Waals surface area contributed by atoms with E-state index in [0.29, 0.717) is 18.0 Å². The first-order valence-electron chi connectivity index (χ1n) is 6.09. The van der Waals surface area contributed by atoms with Crippen LogP contribution < -0.4 is 14.8 Å². The molecule has 0 atom stereocenters. The Kier molecular flexibility index (Phi) is 6.15. The summed E-state index contributed by atoms with van der Waals surface area (Å²) < 4.78 is 15.2. The van der Waals surface area contributed by atoms with Crippen LogP contribution in [-0.2, 0) is 16.0 Å². The van der Waals surface area contributed by atoms with Crippen molar-refractivity contribution in [2.75, 3.05) is 34.5 Å². The third-order valence-corrected chi connectivity index (χ3v) is 2.83. The van der Waals surface area contributed by atoms with Gasteiger partial charge in [0.1, 0.15) is 6.61 Å². The first-order valence-corrected chi connectivity index (χ1v) is 6.09. The van der Waals surface area contributed by atoms with E-state index in [4.69, 9.17) is 14.2 Å². The lowest BCUT2D eigenvalue weighted by molar-refractivity contribution is -0.124. The lowest BCUT2D eigenvalue weighted by atomic mass is 10.0. The molecule has 0 fully saturated rings. The maximum Gasteiger partial charge on any atom is 0.245 e. The quantitative estimate of drug-likeness (QED) is 0.809. The van der Waals surface area contributed by atoms with E-state index in [1.165, 1.54) is 7.11 Å². The Bertz CT molecular complexity index is 432. The Balaban J connectivity index is 2.65. The van der Waals surface area contributed by atoms with Crippen LogP contribution in [0.15, 0.2) is 12.1 Å². The third-order valence-electron chi connectivity index (χ3n) is 2.83. The Labute approximate surface area is 113 Å². The van der Waals surface area contributed by atoms with Gasteiger partial charge in [0.05, 0.1) is 14.2 Å². The van der Waals surface area contributed by atoms with Crippen molar-refractivity contribution in [1.82, 2.24) is 5.32 Å². The van der Waals surface area contributed by atoms with Gasteiger partial charge in [-0.05, 0) is 36.6 Å². The number of ether oxygens (including phenoxy) is 3. The molecule has 0 aliphatic carbocycles. The van der Waals surface area contributed by atoms with Crippen molar-refractivity contribution < 1.29 is 19.0 Å². The average Bonchev–Trinajstić information content (AvgIpc) is 2.40. The molecule has 0 unspecified atom stereocenters. The summed E-state index contributed by atoms with van der Waals surface area (Å²) in [6.45, 7) is 2.66. The van der Waals surface area contributed by atoms with Crippen molar-refractivity contribution in [2.45, 2.75) is 13.3 Å². The second-order valence-electron chi connectivity index (χ2n) is 4.17. The molecule has 106 valence electrons. The molecular formula is C14H21NO4. The molecule has 0 heterocycles. The van der Waals surface area contributed by atoms with Gasteiger partial charge in [-0.15, -0.1) is 0 Å². The molecule has 1 N–H and O–H groups in total. The fraction of sp³-hybridized carbons (Fsp3) is 0.500. The topological polar surface area (TPSA) is 56.8 Å². The van der Waals surface area contributed by atoms with Crippen molar-refractivity contribution in [1.29, 1.82) is 0 Å². The molecular weight excluding hydrogens is 246 g/mol. The van der Waals surface area contributed by atoms with Gasteiger partial charge in [0.15, 0.2) is 11.5 Å². The van der Waals surface area contributed by atoms with E-state index in [-0.39, 0.29) is 12.5 Å². The molecule has 0 radical (unpaired) electrons.